The normalized spacial score (nSPS) is 21.0. The molecule has 0 amide bonds. The van der Waals surface area contributed by atoms with Gasteiger partial charge in [-0.15, -0.1) is 0 Å². The molecule has 0 bridgehead atoms. The summed E-state index contributed by atoms with van der Waals surface area (Å²) in [4.78, 5) is 0. The SMILES string of the molecule is OCc1ccc(C2OC(COCc3ccccc3)C(OCc3ccccc3)C(OCc3ccccc3)C2OCc2ccccc2)cc1. The summed E-state index contributed by atoms with van der Waals surface area (Å²) in [7, 11) is 0. The van der Waals surface area contributed by atoms with E-state index in [2.05, 4.69) is 48.5 Å². The van der Waals surface area contributed by atoms with Crippen LogP contribution in [0.5, 0.6) is 0 Å². The Balaban J connectivity index is 1.34. The van der Waals surface area contributed by atoms with Crippen molar-refractivity contribution < 1.29 is 28.8 Å². The van der Waals surface area contributed by atoms with Crippen molar-refractivity contribution in [2.24, 2.45) is 0 Å². The number of hydrogen-bond acceptors (Lipinski definition) is 6. The molecule has 0 spiro atoms. The van der Waals surface area contributed by atoms with Gasteiger partial charge in [-0.05, 0) is 33.4 Å². The molecule has 47 heavy (non-hydrogen) atoms. The number of benzene rings is 5. The summed E-state index contributed by atoms with van der Waals surface area (Å²) >= 11 is 0. The van der Waals surface area contributed by atoms with Crippen molar-refractivity contribution in [2.75, 3.05) is 6.61 Å². The maximum absolute atomic E-state index is 9.73. The average molecular weight is 631 g/mol. The number of aliphatic hydroxyl groups excluding tert-OH is 1. The molecule has 242 valence electrons. The molecule has 6 heteroatoms. The van der Waals surface area contributed by atoms with E-state index in [1.165, 1.54) is 0 Å². The Hall–Kier alpha value is -4.14. The van der Waals surface area contributed by atoms with Crippen molar-refractivity contribution in [2.45, 2.75) is 63.6 Å². The van der Waals surface area contributed by atoms with Gasteiger partial charge in [-0.2, -0.15) is 0 Å². The van der Waals surface area contributed by atoms with Crippen molar-refractivity contribution in [3.05, 3.63) is 179 Å². The van der Waals surface area contributed by atoms with Gasteiger partial charge in [-0.25, -0.2) is 0 Å². The van der Waals surface area contributed by atoms with Gasteiger partial charge in [0.2, 0.25) is 0 Å². The fraction of sp³-hybridized carbons (Fsp3) is 0.268. The molecule has 0 radical (unpaired) electrons. The Morgan fingerprint density at radius 3 is 1.34 bits per heavy atom. The molecule has 1 aliphatic rings. The third-order valence-electron chi connectivity index (χ3n) is 8.37. The predicted octanol–water partition coefficient (Wildman–Crippen LogP) is 7.59. The van der Waals surface area contributed by atoms with Crippen LogP contribution in [0.25, 0.3) is 0 Å². The molecule has 6 rings (SSSR count). The van der Waals surface area contributed by atoms with Crippen molar-refractivity contribution in [1.29, 1.82) is 0 Å². The third kappa shape index (κ3) is 9.24. The average Bonchev–Trinajstić information content (AvgIpc) is 3.14. The molecule has 5 atom stereocenters. The Bertz CT molecular complexity index is 1580. The molecule has 1 fully saturated rings. The van der Waals surface area contributed by atoms with E-state index in [1.807, 2.05) is 97.1 Å². The molecule has 0 saturated carbocycles. The Morgan fingerprint density at radius 2 is 0.872 bits per heavy atom. The van der Waals surface area contributed by atoms with Gasteiger partial charge < -0.3 is 28.8 Å². The van der Waals surface area contributed by atoms with Gasteiger partial charge in [0.25, 0.3) is 0 Å². The highest BCUT2D eigenvalue weighted by Gasteiger charge is 2.49. The molecule has 1 aliphatic heterocycles. The largest absolute Gasteiger partial charge is 0.392 e. The van der Waals surface area contributed by atoms with E-state index < -0.39 is 30.5 Å². The number of hydrogen-bond donors (Lipinski definition) is 1. The molecule has 5 aromatic rings. The lowest BCUT2D eigenvalue weighted by molar-refractivity contribution is -0.275. The second-order valence-electron chi connectivity index (χ2n) is 11.8. The summed E-state index contributed by atoms with van der Waals surface area (Å²) in [5.74, 6) is 0. The van der Waals surface area contributed by atoms with Crippen LogP contribution in [0, 0.1) is 0 Å². The lowest BCUT2D eigenvalue weighted by Gasteiger charge is -2.46. The maximum atomic E-state index is 9.73. The number of aliphatic hydroxyl groups is 1. The molecule has 0 aliphatic carbocycles. The van der Waals surface area contributed by atoms with Crippen LogP contribution in [-0.4, -0.2) is 36.1 Å². The molecule has 1 heterocycles. The smallest absolute Gasteiger partial charge is 0.117 e. The van der Waals surface area contributed by atoms with Crippen LogP contribution >= 0.6 is 0 Å². The van der Waals surface area contributed by atoms with Crippen LogP contribution in [0.3, 0.4) is 0 Å². The zero-order chi connectivity index (χ0) is 32.1. The number of rotatable bonds is 15. The van der Waals surface area contributed by atoms with Gasteiger partial charge in [-0.1, -0.05) is 146 Å². The quantitative estimate of drug-likeness (QED) is 0.129. The monoisotopic (exact) mass is 630 g/mol. The summed E-state index contributed by atoms with van der Waals surface area (Å²) in [6.45, 7) is 1.87. The molecule has 1 saturated heterocycles. The maximum Gasteiger partial charge on any atom is 0.117 e. The van der Waals surface area contributed by atoms with Crippen LogP contribution in [0.2, 0.25) is 0 Å². The van der Waals surface area contributed by atoms with E-state index in [1.54, 1.807) is 0 Å². The molecular formula is C41H42O6. The lowest BCUT2D eigenvalue weighted by atomic mass is 9.90. The zero-order valence-corrected chi connectivity index (χ0v) is 26.5. The first-order chi connectivity index (χ1) is 23.3. The van der Waals surface area contributed by atoms with E-state index in [4.69, 9.17) is 23.7 Å². The molecule has 5 aromatic carbocycles. The van der Waals surface area contributed by atoms with Crippen LogP contribution in [0.15, 0.2) is 146 Å². The van der Waals surface area contributed by atoms with Gasteiger partial charge in [0.05, 0.1) is 39.6 Å². The highest BCUT2D eigenvalue weighted by molar-refractivity contribution is 5.26. The molecule has 1 N–H and O–H groups in total. The fourth-order valence-electron chi connectivity index (χ4n) is 5.87. The summed E-state index contributed by atoms with van der Waals surface area (Å²) in [6.07, 6.45) is -2.44. The highest BCUT2D eigenvalue weighted by atomic mass is 16.6. The van der Waals surface area contributed by atoms with E-state index in [-0.39, 0.29) is 6.61 Å². The summed E-state index contributed by atoms with van der Waals surface area (Å²) in [6, 6.07) is 48.4. The minimum Gasteiger partial charge on any atom is -0.392 e. The fourth-order valence-corrected chi connectivity index (χ4v) is 5.87. The van der Waals surface area contributed by atoms with Gasteiger partial charge in [0.15, 0.2) is 0 Å². The van der Waals surface area contributed by atoms with E-state index >= 15 is 0 Å². The predicted molar refractivity (Wildman–Crippen MR) is 181 cm³/mol. The van der Waals surface area contributed by atoms with Crippen LogP contribution in [0.4, 0.5) is 0 Å². The van der Waals surface area contributed by atoms with Gasteiger partial charge in [0, 0.05) is 0 Å². The second-order valence-corrected chi connectivity index (χ2v) is 11.8. The first-order valence-corrected chi connectivity index (χ1v) is 16.2. The highest BCUT2D eigenvalue weighted by Crippen LogP contribution is 2.38. The first-order valence-electron chi connectivity index (χ1n) is 16.2. The van der Waals surface area contributed by atoms with Crippen molar-refractivity contribution in [3.8, 4) is 0 Å². The van der Waals surface area contributed by atoms with E-state index in [0.717, 1.165) is 33.4 Å². The molecular weight excluding hydrogens is 588 g/mol. The minimum atomic E-state index is -0.509. The first kappa shape index (κ1) is 32.8. The third-order valence-corrected chi connectivity index (χ3v) is 8.37. The standard InChI is InChI=1S/C41H42O6/c42-25-31-21-23-36(24-22-31)38-40(45-28-34-17-9-3-10-18-34)41(46-29-35-19-11-4-12-20-35)39(44-27-33-15-7-2-8-16-33)37(47-38)30-43-26-32-13-5-1-6-14-32/h1-24,37-42H,25-30H2. The molecule has 0 aromatic heterocycles. The van der Waals surface area contributed by atoms with Crippen molar-refractivity contribution in [1.82, 2.24) is 0 Å². The summed E-state index contributed by atoms with van der Waals surface area (Å²) < 4.78 is 33.6. The lowest BCUT2D eigenvalue weighted by Crippen LogP contribution is -2.58. The van der Waals surface area contributed by atoms with Crippen LogP contribution in [0.1, 0.15) is 39.5 Å². The summed E-state index contributed by atoms with van der Waals surface area (Å²) in [5, 5.41) is 9.73. The minimum absolute atomic E-state index is 0.0338. The van der Waals surface area contributed by atoms with Crippen LogP contribution < -0.4 is 0 Å². The molecule has 5 unspecified atom stereocenters. The Labute approximate surface area is 277 Å². The van der Waals surface area contributed by atoms with Crippen molar-refractivity contribution >= 4 is 0 Å². The summed E-state index contributed by atoms with van der Waals surface area (Å²) in [5.41, 5.74) is 6.02. The van der Waals surface area contributed by atoms with Gasteiger partial charge in [-0.3, -0.25) is 0 Å². The van der Waals surface area contributed by atoms with Crippen molar-refractivity contribution in [3.63, 3.8) is 0 Å². The van der Waals surface area contributed by atoms with E-state index in [9.17, 15) is 5.11 Å². The van der Waals surface area contributed by atoms with Crippen LogP contribution in [-0.2, 0) is 56.7 Å². The number of ether oxygens (including phenoxy) is 5. The second kappa shape index (κ2) is 17.1. The Morgan fingerprint density at radius 1 is 0.447 bits per heavy atom. The Kier molecular flexibility index (Phi) is 12.0. The zero-order valence-electron chi connectivity index (χ0n) is 26.5. The van der Waals surface area contributed by atoms with Gasteiger partial charge in [0.1, 0.15) is 30.5 Å². The van der Waals surface area contributed by atoms with E-state index in [0.29, 0.717) is 33.0 Å². The van der Waals surface area contributed by atoms with Gasteiger partial charge >= 0.3 is 0 Å². The molecule has 6 nitrogen and oxygen atoms in total. The topological polar surface area (TPSA) is 66.4 Å².